The molecule has 0 saturated carbocycles. The van der Waals surface area contributed by atoms with Gasteiger partial charge in [0.1, 0.15) is 0 Å². The van der Waals surface area contributed by atoms with Crippen molar-refractivity contribution in [2.45, 2.75) is 30.2 Å². The van der Waals surface area contributed by atoms with Crippen molar-refractivity contribution >= 4 is 34.0 Å². The van der Waals surface area contributed by atoms with Gasteiger partial charge >= 0.3 is 33.4 Å². The first-order valence-corrected chi connectivity index (χ1v) is 12.8. The van der Waals surface area contributed by atoms with Gasteiger partial charge in [-0.15, -0.1) is 0 Å². The molecule has 14 heteroatoms. The van der Waals surface area contributed by atoms with E-state index in [1.165, 1.54) is 0 Å². The van der Waals surface area contributed by atoms with Crippen LogP contribution in [0.2, 0.25) is 0 Å². The molecule has 202 valence electrons. The van der Waals surface area contributed by atoms with E-state index in [1.807, 2.05) is 60.7 Å². The molecule has 0 radical (unpaired) electrons. The van der Waals surface area contributed by atoms with Crippen LogP contribution in [0.15, 0.2) is 84.9 Å². The third-order valence-corrected chi connectivity index (χ3v) is 8.07. The average molecular weight is 576 g/mol. The van der Waals surface area contributed by atoms with Crippen LogP contribution in [0.3, 0.4) is 0 Å². The second-order valence-electron chi connectivity index (χ2n) is 7.51. The summed E-state index contributed by atoms with van der Waals surface area (Å²) in [5.41, 5.74) is -0.614. The maximum atomic E-state index is 12.8. The number of halogens is 9. The smallest absolute Gasteiger partial charge is 0.281 e. The summed E-state index contributed by atoms with van der Waals surface area (Å²) in [6.45, 7) is -0.591. The zero-order chi connectivity index (χ0) is 28.3. The molecule has 0 fully saturated rings. The summed E-state index contributed by atoms with van der Waals surface area (Å²) in [5.74, 6) is -11.5. The van der Waals surface area contributed by atoms with Crippen LogP contribution in [-0.2, 0) is 16.3 Å². The summed E-state index contributed by atoms with van der Waals surface area (Å²) in [6, 6.07) is 25.3. The molecule has 0 aromatic heterocycles. The first-order chi connectivity index (χ1) is 16.8. The fourth-order valence-electron chi connectivity index (χ4n) is 2.82. The molecular formula is C23H18F9O3PS. The molecule has 0 spiro atoms. The lowest BCUT2D eigenvalue weighted by atomic mass is 10.2. The minimum Gasteiger partial charge on any atom is -0.281 e. The molecular weight excluding hydrogens is 558 g/mol. The Morgan fingerprint density at radius 2 is 0.973 bits per heavy atom. The topological polar surface area (TPSA) is 54.4 Å². The fraction of sp³-hybridized carbons (Fsp3) is 0.217. The van der Waals surface area contributed by atoms with Crippen molar-refractivity contribution in [1.82, 2.24) is 0 Å². The van der Waals surface area contributed by atoms with E-state index < -0.39 is 53.8 Å². The molecule has 0 unspecified atom stereocenters. The van der Waals surface area contributed by atoms with Gasteiger partial charge in [0.15, 0.2) is 0 Å². The zero-order valence-electron chi connectivity index (χ0n) is 18.6. The number of rotatable bonds is 6. The number of alkyl halides is 9. The van der Waals surface area contributed by atoms with E-state index in [2.05, 4.69) is 0 Å². The highest BCUT2D eigenvalue weighted by atomic mass is 32.2. The van der Waals surface area contributed by atoms with Crippen molar-refractivity contribution in [3.05, 3.63) is 90.5 Å². The van der Waals surface area contributed by atoms with Gasteiger partial charge in [0.2, 0.25) is 0 Å². The lowest BCUT2D eigenvalue weighted by Crippen LogP contribution is -2.56. The highest BCUT2D eigenvalue weighted by Crippen LogP contribution is 2.47. The Morgan fingerprint density at radius 1 is 0.622 bits per heavy atom. The largest absolute Gasteiger partial charge is 0.437 e. The van der Waals surface area contributed by atoms with Crippen molar-refractivity contribution in [3.63, 3.8) is 0 Å². The summed E-state index contributed by atoms with van der Waals surface area (Å²) in [4.78, 5) is 0. The summed E-state index contributed by atoms with van der Waals surface area (Å²) in [7, 11) is -7.47. The van der Waals surface area contributed by atoms with Gasteiger partial charge in [0.25, 0.3) is 0 Å². The van der Waals surface area contributed by atoms with Crippen LogP contribution in [0, 0.1) is 0 Å². The van der Waals surface area contributed by atoms with E-state index in [-0.39, 0.29) is 0 Å². The van der Waals surface area contributed by atoms with Crippen LogP contribution in [0.4, 0.5) is 39.5 Å². The van der Waals surface area contributed by atoms with E-state index in [0.717, 1.165) is 28.0 Å². The molecule has 37 heavy (non-hydrogen) atoms. The van der Waals surface area contributed by atoms with Gasteiger partial charge < -0.3 is 0 Å². The summed E-state index contributed by atoms with van der Waals surface area (Å²) in [5, 5.41) is -3.09. The second kappa shape index (κ2) is 11.0. The predicted molar refractivity (Wildman–Crippen MR) is 122 cm³/mol. The predicted octanol–water partition coefficient (Wildman–Crippen LogP) is 6.22. The van der Waals surface area contributed by atoms with Gasteiger partial charge in [-0.2, -0.15) is 47.9 Å². The molecule has 0 saturated heterocycles. The maximum Gasteiger partial charge on any atom is 0.437 e. The minimum absolute atomic E-state index is 0.591. The molecule has 0 aliphatic rings. The number of benzene rings is 3. The SMILES string of the molecule is CC(F)(F)C(F)(F)C(F)(F)S(=O)(=O)O.FC(F)(F)c1ccc(P(c2ccccc2)c2ccccc2)cc1. The zero-order valence-corrected chi connectivity index (χ0v) is 20.3. The van der Waals surface area contributed by atoms with Gasteiger partial charge in [0.05, 0.1) is 5.56 Å². The third-order valence-electron chi connectivity index (χ3n) is 4.72. The van der Waals surface area contributed by atoms with Gasteiger partial charge in [-0.25, -0.2) is 0 Å². The third kappa shape index (κ3) is 7.03. The van der Waals surface area contributed by atoms with E-state index in [4.69, 9.17) is 4.55 Å². The van der Waals surface area contributed by atoms with Crippen molar-refractivity contribution in [3.8, 4) is 0 Å². The van der Waals surface area contributed by atoms with Gasteiger partial charge in [-0.05, 0) is 36.0 Å². The van der Waals surface area contributed by atoms with E-state index in [1.54, 1.807) is 12.1 Å². The second-order valence-corrected chi connectivity index (χ2v) is 11.2. The molecule has 0 aliphatic heterocycles. The van der Waals surface area contributed by atoms with Crippen LogP contribution >= 0.6 is 7.92 Å². The Kier molecular flexibility index (Phi) is 9.10. The minimum atomic E-state index is -6.61. The Balaban J connectivity index is 0.000000298. The maximum absolute atomic E-state index is 12.8. The number of hydrogen-bond donors (Lipinski definition) is 1. The standard InChI is InChI=1S/C19H14F3P.C4H4F6O3S/c20-19(21,22)15-11-13-18(14-12-15)23(16-7-3-1-4-8-16)17-9-5-2-6-10-17;1-2(5,6)3(7,8)4(9,10)14(11,12)13/h1-14H;1H3,(H,11,12,13). The number of hydrogen-bond acceptors (Lipinski definition) is 2. The van der Waals surface area contributed by atoms with Crippen LogP contribution in [0.25, 0.3) is 0 Å². The monoisotopic (exact) mass is 576 g/mol. The lowest BCUT2D eigenvalue weighted by molar-refractivity contribution is -0.273. The fourth-order valence-corrected chi connectivity index (χ4v) is 5.60. The average Bonchev–Trinajstić information content (AvgIpc) is 2.79. The van der Waals surface area contributed by atoms with E-state index >= 15 is 0 Å². The first kappa shape index (κ1) is 30.6. The summed E-state index contributed by atoms with van der Waals surface area (Å²) < 4.78 is 138. The van der Waals surface area contributed by atoms with E-state index in [0.29, 0.717) is 0 Å². The Morgan fingerprint density at radius 3 is 1.24 bits per heavy atom. The van der Waals surface area contributed by atoms with Crippen LogP contribution < -0.4 is 15.9 Å². The molecule has 0 amide bonds. The lowest BCUT2D eigenvalue weighted by Gasteiger charge is -2.28. The highest BCUT2D eigenvalue weighted by molar-refractivity contribution is 7.87. The van der Waals surface area contributed by atoms with Crippen LogP contribution in [0.1, 0.15) is 12.5 Å². The first-order valence-electron chi connectivity index (χ1n) is 9.98. The van der Waals surface area contributed by atoms with Gasteiger partial charge in [0, 0.05) is 6.92 Å². The molecule has 3 nitrogen and oxygen atoms in total. The molecule has 0 heterocycles. The Hall–Kier alpha value is -2.63. The van der Waals surface area contributed by atoms with Crippen molar-refractivity contribution in [2.24, 2.45) is 0 Å². The molecule has 0 atom stereocenters. The molecule has 0 bridgehead atoms. The Bertz CT molecular complexity index is 1220. The molecule has 0 aliphatic carbocycles. The summed E-state index contributed by atoms with van der Waals surface area (Å²) >= 11 is 0. The quantitative estimate of drug-likeness (QED) is 0.216. The van der Waals surface area contributed by atoms with Crippen molar-refractivity contribution in [2.75, 3.05) is 0 Å². The molecule has 1 N–H and O–H groups in total. The van der Waals surface area contributed by atoms with Gasteiger partial charge in [-0.1, -0.05) is 72.8 Å². The molecule has 3 aromatic rings. The van der Waals surface area contributed by atoms with E-state index in [9.17, 15) is 47.9 Å². The highest BCUT2D eigenvalue weighted by Gasteiger charge is 2.75. The van der Waals surface area contributed by atoms with Crippen LogP contribution in [0.5, 0.6) is 0 Å². The van der Waals surface area contributed by atoms with Crippen LogP contribution in [-0.4, -0.2) is 30.1 Å². The Labute approximate surface area is 207 Å². The summed E-state index contributed by atoms with van der Waals surface area (Å²) in [6.07, 6.45) is -4.30. The van der Waals surface area contributed by atoms with Crippen molar-refractivity contribution < 1.29 is 52.5 Å². The molecule has 3 aromatic carbocycles. The molecule has 3 rings (SSSR count). The van der Waals surface area contributed by atoms with Crippen molar-refractivity contribution in [1.29, 1.82) is 0 Å². The normalized spacial score (nSPS) is 13.2. The van der Waals surface area contributed by atoms with Gasteiger partial charge in [-0.3, -0.25) is 4.55 Å².